The average Bonchev–Trinajstić information content (AvgIpc) is 2.98. The first-order chi connectivity index (χ1) is 15.3. The number of hydrogen-bond acceptors (Lipinski definition) is 5. The molecule has 0 aromatic carbocycles. The van der Waals surface area contributed by atoms with Crippen LogP contribution in [0.15, 0.2) is 11.6 Å². The number of ketones is 4. The standard InChI is InChI=1S/C26H34Cl2O5/c1-6-20(31)25(22(33)12-27)14(3)8-16-17-7-13(2)15-9-18(29)19(30)10-24(15,5)26(17,28)21(32)11-23(16,25)4/h9,13-14,16-17,21,32H,6-8,10-12H2,1-5H3/t13?,14-,16-,17-,21-,23-,24-,25-,26-/m0/s1. The van der Waals surface area contributed by atoms with Crippen molar-refractivity contribution in [2.75, 3.05) is 5.88 Å². The number of rotatable bonds is 4. The van der Waals surface area contributed by atoms with Crippen LogP contribution in [0.4, 0.5) is 0 Å². The summed E-state index contributed by atoms with van der Waals surface area (Å²) in [5.41, 5.74) is -2.09. The first-order valence-electron chi connectivity index (χ1n) is 12.1. The molecule has 0 heterocycles. The molecule has 1 unspecified atom stereocenters. The number of alkyl halides is 2. The number of carbonyl (C=O) groups excluding carboxylic acids is 4. The van der Waals surface area contributed by atoms with Gasteiger partial charge in [-0.25, -0.2) is 0 Å². The number of hydrogen-bond donors (Lipinski definition) is 1. The summed E-state index contributed by atoms with van der Waals surface area (Å²) in [6, 6.07) is 0. The molecule has 0 aromatic heterocycles. The van der Waals surface area contributed by atoms with Crippen molar-refractivity contribution in [1.82, 2.24) is 0 Å². The number of Topliss-reactive ketones (excluding diaryl/α,β-unsaturated/α-hetero) is 3. The van der Waals surface area contributed by atoms with Crippen molar-refractivity contribution in [3.63, 3.8) is 0 Å². The summed E-state index contributed by atoms with van der Waals surface area (Å²) in [6.07, 6.45) is 2.02. The Morgan fingerprint density at radius 3 is 2.33 bits per heavy atom. The van der Waals surface area contributed by atoms with Gasteiger partial charge in [0.2, 0.25) is 11.6 Å². The highest BCUT2D eigenvalue weighted by Gasteiger charge is 2.77. The van der Waals surface area contributed by atoms with E-state index >= 15 is 0 Å². The SMILES string of the molecule is CCC(=O)[C@]1(C(=O)CCl)[C@@H](C)C[C@H]2[C@@H]3CC(C)C4=CC(=O)C(=O)C[C@]4(C)[C@@]3(Cl)[C@@H](O)C[C@@]21C. The molecule has 0 bridgehead atoms. The van der Waals surface area contributed by atoms with E-state index in [1.54, 1.807) is 6.92 Å². The van der Waals surface area contributed by atoms with Gasteiger partial charge in [0.1, 0.15) is 5.78 Å². The molecule has 9 atom stereocenters. The van der Waals surface area contributed by atoms with E-state index in [9.17, 15) is 24.3 Å². The van der Waals surface area contributed by atoms with Crippen molar-refractivity contribution >= 4 is 46.3 Å². The maximum atomic E-state index is 13.5. The van der Waals surface area contributed by atoms with Crippen LogP contribution in [-0.2, 0) is 19.2 Å². The van der Waals surface area contributed by atoms with E-state index in [0.29, 0.717) is 12.8 Å². The molecule has 0 aliphatic heterocycles. The third kappa shape index (κ3) is 2.76. The van der Waals surface area contributed by atoms with Crippen LogP contribution in [0.25, 0.3) is 0 Å². The van der Waals surface area contributed by atoms with E-state index in [4.69, 9.17) is 23.2 Å². The monoisotopic (exact) mass is 496 g/mol. The molecule has 0 radical (unpaired) electrons. The Morgan fingerprint density at radius 2 is 1.76 bits per heavy atom. The first-order valence-corrected chi connectivity index (χ1v) is 13.0. The Balaban J connectivity index is 1.92. The smallest absolute Gasteiger partial charge is 0.221 e. The van der Waals surface area contributed by atoms with E-state index in [1.807, 2.05) is 27.7 Å². The van der Waals surface area contributed by atoms with Crippen molar-refractivity contribution in [2.45, 2.75) is 77.7 Å². The predicted molar refractivity (Wildman–Crippen MR) is 126 cm³/mol. The maximum Gasteiger partial charge on any atom is 0.221 e. The zero-order valence-electron chi connectivity index (χ0n) is 20.0. The molecule has 0 spiro atoms. The van der Waals surface area contributed by atoms with Gasteiger partial charge in [-0.3, -0.25) is 19.2 Å². The van der Waals surface area contributed by atoms with Crippen molar-refractivity contribution in [3.05, 3.63) is 11.6 Å². The lowest BCUT2D eigenvalue weighted by Crippen LogP contribution is -2.70. The number of aliphatic hydroxyl groups excluding tert-OH is 1. The van der Waals surface area contributed by atoms with E-state index in [1.165, 1.54) is 6.08 Å². The molecule has 0 aromatic rings. The average molecular weight is 497 g/mol. The Hall–Kier alpha value is -1.04. The van der Waals surface area contributed by atoms with Gasteiger partial charge in [0, 0.05) is 18.3 Å². The lowest BCUT2D eigenvalue weighted by atomic mass is 9.41. The van der Waals surface area contributed by atoms with E-state index in [-0.39, 0.29) is 60.4 Å². The fourth-order valence-corrected chi connectivity index (χ4v) is 9.67. The van der Waals surface area contributed by atoms with Crippen LogP contribution in [0.3, 0.4) is 0 Å². The van der Waals surface area contributed by atoms with Gasteiger partial charge in [0.15, 0.2) is 5.78 Å². The molecule has 4 aliphatic rings. The molecular weight excluding hydrogens is 463 g/mol. The summed E-state index contributed by atoms with van der Waals surface area (Å²) < 4.78 is 0. The summed E-state index contributed by atoms with van der Waals surface area (Å²) >= 11 is 13.5. The zero-order chi connectivity index (χ0) is 24.7. The Bertz CT molecular complexity index is 956. The van der Waals surface area contributed by atoms with Gasteiger partial charge in [-0.15, -0.1) is 23.2 Å². The fourth-order valence-electron chi connectivity index (χ4n) is 8.96. The second-order valence-corrected chi connectivity index (χ2v) is 12.3. The molecule has 4 rings (SSSR count). The quantitative estimate of drug-likeness (QED) is 0.356. The van der Waals surface area contributed by atoms with Gasteiger partial charge < -0.3 is 5.11 Å². The summed E-state index contributed by atoms with van der Waals surface area (Å²) in [5.74, 6) is -2.16. The number of halogens is 2. The van der Waals surface area contributed by atoms with Crippen molar-refractivity contribution in [2.24, 2.45) is 39.9 Å². The summed E-state index contributed by atoms with van der Waals surface area (Å²) in [4.78, 5) is 50.6. The van der Waals surface area contributed by atoms with Crippen LogP contribution >= 0.6 is 23.2 Å². The van der Waals surface area contributed by atoms with Crippen LogP contribution in [0, 0.1) is 39.9 Å². The summed E-state index contributed by atoms with van der Waals surface area (Å²) in [5, 5.41) is 11.7. The summed E-state index contributed by atoms with van der Waals surface area (Å²) in [6.45, 7) is 9.62. The molecule has 1 N–H and O–H groups in total. The number of allylic oxidation sites excluding steroid dienone is 1. The van der Waals surface area contributed by atoms with Crippen molar-refractivity contribution in [3.8, 4) is 0 Å². The molecule has 7 heteroatoms. The van der Waals surface area contributed by atoms with E-state index in [0.717, 1.165) is 5.57 Å². The second kappa shape index (κ2) is 7.73. The Kier molecular flexibility index (Phi) is 5.87. The van der Waals surface area contributed by atoms with Gasteiger partial charge in [0.05, 0.1) is 22.3 Å². The summed E-state index contributed by atoms with van der Waals surface area (Å²) in [7, 11) is 0. The third-order valence-corrected chi connectivity index (χ3v) is 11.4. The van der Waals surface area contributed by atoms with Gasteiger partial charge >= 0.3 is 0 Å². The molecule has 182 valence electrons. The van der Waals surface area contributed by atoms with E-state index in [2.05, 4.69) is 0 Å². The van der Waals surface area contributed by atoms with Crippen LogP contribution in [0.1, 0.15) is 66.7 Å². The molecule has 33 heavy (non-hydrogen) atoms. The first kappa shape index (κ1) is 25.1. The van der Waals surface area contributed by atoms with Crippen molar-refractivity contribution in [1.29, 1.82) is 0 Å². The second-order valence-electron chi connectivity index (χ2n) is 11.4. The molecule has 0 saturated heterocycles. The largest absolute Gasteiger partial charge is 0.391 e. The highest BCUT2D eigenvalue weighted by Crippen LogP contribution is 2.74. The van der Waals surface area contributed by atoms with Gasteiger partial charge in [-0.05, 0) is 54.4 Å². The molecule has 3 saturated carbocycles. The van der Waals surface area contributed by atoms with Crippen LogP contribution in [-0.4, -0.2) is 45.1 Å². The molecule has 4 aliphatic carbocycles. The van der Waals surface area contributed by atoms with Crippen LogP contribution in [0.2, 0.25) is 0 Å². The minimum absolute atomic E-state index is 0.00520. The van der Waals surface area contributed by atoms with Gasteiger partial charge in [0.25, 0.3) is 0 Å². The number of fused-ring (bicyclic) bond motifs is 5. The van der Waals surface area contributed by atoms with Gasteiger partial charge in [-0.2, -0.15) is 0 Å². The molecule has 0 amide bonds. The lowest BCUT2D eigenvalue weighted by molar-refractivity contribution is -0.167. The normalized spacial score (nSPS) is 49.1. The number of carbonyl (C=O) groups is 4. The minimum Gasteiger partial charge on any atom is -0.391 e. The van der Waals surface area contributed by atoms with E-state index < -0.39 is 38.8 Å². The van der Waals surface area contributed by atoms with Crippen LogP contribution in [0.5, 0.6) is 0 Å². The molecule has 5 nitrogen and oxygen atoms in total. The van der Waals surface area contributed by atoms with Crippen molar-refractivity contribution < 1.29 is 24.3 Å². The Labute approximate surface area is 205 Å². The molecule has 3 fully saturated rings. The highest BCUT2D eigenvalue weighted by molar-refractivity contribution is 6.43. The number of aliphatic hydroxyl groups is 1. The minimum atomic E-state index is -1.26. The third-order valence-electron chi connectivity index (χ3n) is 10.2. The Morgan fingerprint density at radius 1 is 1.12 bits per heavy atom. The molecular formula is C26H34Cl2O5. The lowest BCUT2D eigenvalue weighted by Gasteiger charge is -2.66. The van der Waals surface area contributed by atoms with Gasteiger partial charge in [-0.1, -0.05) is 40.2 Å². The highest BCUT2D eigenvalue weighted by atomic mass is 35.5. The zero-order valence-corrected chi connectivity index (χ0v) is 21.6. The topological polar surface area (TPSA) is 88.5 Å². The fraction of sp³-hybridized carbons (Fsp3) is 0.769. The van der Waals surface area contributed by atoms with Crippen LogP contribution < -0.4 is 0 Å². The maximum absolute atomic E-state index is 13.5. The predicted octanol–water partition coefficient (Wildman–Crippen LogP) is 4.29.